The van der Waals surface area contributed by atoms with Crippen LogP contribution in [0.4, 0.5) is 23.3 Å². The number of carbonyl (C=O) groups is 2. The number of hydrogen-bond acceptors (Lipinski definition) is 15. The van der Waals surface area contributed by atoms with Gasteiger partial charge in [0, 0.05) is 148 Å². The topological polar surface area (TPSA) is 263 Å². The van der Waals surface area contributed by atoms with Crippen molar-refractivity contribution < 1.29 is 14.7 Å². The van der Waals surface area contributed by atoms with Crippen molar-refractivity contribution in [3.05, 3.63) is 169 Å². The predicted octanol–water partition coefficient (Wildman–Crippen LogP) is 6.38. The number of aromatic nitrogens is 10. The number of aryl methyl sites for hydroxylation is 2. The molecule has 0 bridgehead atoms. The van der Waals surface area contributed by atoms with Crippen LogP contribution >= 0.6 is 0 Å². The van der Waals surface area contributed by atoms with Crippen molar-refractivity contribution in [3.8, 4) is 56.6 Å². The van der Waals surface area contributed by atoms with Gasteiger partial charge in [0.2, 0.25) is 11.8 Å². The number of amides is 2. The van der Waals surface area contributed by atoms with Crippen LogP contribution < -0.4 is 21.3 Å². The Morgan fingerprint density at radius 2 is 0.988 bits per heavy atom. The Morgan fingerprint density at radius 3 is 1.37 bits per heavy atom. The van der Waals surface area contributed by atoms with Crippen molar-refractivity contribution in [2.24, 2.45) is 14.1 Å². The first-order valence-electron chi connectivity index (χ1n) is 26.5. The Balaban J connectivity index is 0.000000170. The molecule has 21 heteroatoms. The maximum absolute atomic E-state index is 13.2. The second-order valence-electron chi connectivity index (χ2n) is 20.1. The number of nitrogen functional groups attached to an aromatic ring is 2. The molecule has 2 aliphatic heterocycles. The molecule has 2 fully saturated rings. The predicted molar refractivity (Wildman–Crippen MR) is 308 cm³/mol. The molecule has 0 saturated carbocycles. The molecular weight excluding hydrogens is 1020 g/mol. The molecule has 21 nitrogen and oxygen atoms in total. The molecule has 8 aromatic heterocycles. The van der Waals surface area contributed by atoms with Gasteiger partial charge in [0.05, 0.1) is 41.9 Å². The van der Waals surface area contributed by atoms with E-state index in [2.05, 4.69) is 42.3 Å². The lowest BCUT2D eigenvalue weighted by atomic mass is 9.98. The molecule has 12 rings (SSSR count). The first kappa shape index (κ1) is 52.7. The zero-order valence-electron chi connectivity index (χ0n) is 44.9. The van der Waals surface area contributed by atoms with Gasteiger partial charge in [-0.25, -0.2) is 19.0 Å². The van der Waals surface area contributed by atoms with Crippen molar-refractivity contribution in [3.63, 3.8) is 0 Å². The van der Waals surface area contributed by atoms with Crippen molar-refractivity contribution in [2.45, 2.75) is 18.8 Å². The number of aliphatic hydroxyl groups excluding tert-OH is 1. The van der Waals surface area contributed by atoms with Crippen LogP contribution in [0.5, 0.6) is 0 Å². The molecule has 5 N–H and O–H groups in total. The number of nitriles is 2. The third-order valence-electron chi connectivity index (χ3n) is 15.1. The first-order chi connectivity index (χ1) is 39.4. The smallest absolute Gasteiger partial charge is 0.232 e. The van der Waals surface area contributed by atoms with Crippen molar-refractivity contribution >= 4 is 46.1 Å². The number of rotatable bonds is 11. The van der Waals surface area contributed by atoms with E-state index < -0.39 is 5.92 Å². The third-order valence-corrected chi connectivity index (χ3v) is 15.1. The minimum Gasteiger partial charge on any atom is -0.395 e. The summed E-state index contributed by atoms with van der Waals surface area (Å²) in [7, 11) is 3.72. The number of anilines is 4. The highest BCUT2D eigenvalue weighted by molar-refractivity contribution is 5.92. The summed E-state index contributed by atoms with van der Waals surface area (Å²) < 4.78 is 6.77. The summed E-state index contributed by atoms with van der Waals surface area (Å²) in [5, 5.41) is 46.8. The van der Waals surface area contributed by atoms with E-state index in [1.807, 2.05) is 159 Å². The number of fused-ring (bicyclic) bond motifs is 2. The van der Waals surface area contributed by atoms with Gasteiger partial charge in [-0.3, -0.25) is 19.0 Å². The van der Waals surface area contributed by atoms with Crippen LogP contribution in [0.15, 0.2) is 147 Å². The van der Waals surface area contributed by atoms with E-state index in [1.54, 1.807) is 37.0 Å². The molecule has 0 aliphatic carbocycles. The van der Waals surface area contributed by atoms with E-state index in [-0.39, 0.29) is 36.0 Å². The Hall–Kier alpha value is -10.4. The summed E-state index contributed by atoms with van der Waals surface area (Å²) in [5.74, 6) is 1.37. The maximum Gasteiger partial charge on any atom is 0.232 e. The molecule has 2 saturated heterocycles. The Bertz CT molecular complexity index is 3990. The van der Waals surface area contributed by atoms with Crippen LogP contribution in [0.25, 0.3) is 55.5 Å². The number of nitrogens with two attached hydrogens (primary N) is 2. The van der Waals surface area contributed by atoms with Crippen LogP contribution in [-0.2, 0) is 23.7 Å². The number of aliphatic hydroxyl groups is 1. The van der Waals surface area contributed by atoms with Gasteiger partial charge in [0.25, 0.3) is 0 Å². The fourth-order valence-electron chi connectivity index (χ4n) is 10.7. The second-order valence-corrected chi connectivity index (χ2v) is 20.1. The molecule has 2 atom stereocenters. The number of nitrogens with zero attached hydrogens (tertiary/aromatic N) is 16. The zero-order chi connectivity index (χ0) is 56.3. The van der Waals surface area contributed by atoms with Gasteiger partial charge in [0.1, 0.15) is 34.9 Å². The van der Waals surface area contributed by atoms with Gasteiger partial charge in [-0.1, -0.05) is 60.7 Å². The lowest BCUT2D eigenvalue weighted by molar-refractivity contribution is -0.134. The van der Waals surface area contributed by atoms with Gasteiger partial charge < -0.3 is 36.2 Å². The normalized spacial score (nSPS) is 14.3. The number of benzene rings is 2. The number of hydrogen-bond donors (Lipinski definition) is 3. The average molecular weight is 1080 g/mol. The highest BCUT2D eigenvalue weighted by Gasteiger charge is 2.30. The van der Waals surface area contributed by atoms with Crippen LogP contribution in [0.3, 0.4) is 0 Å². The summed E-state index contributed by atoms with van der Waals surface area (Å²) in [5.41, 5.74) is 22.8. The molecule has 406 valence electrons. The lowest BCUT2D eigenvalue weighted by Gasteiger charge is -2.37. The molecule has 81 heavy (non-hydrogen) atoms. The first-order valence-corrected chi connectivity index (χ1v) is 26.5. The van der Waals surface area contributed by atoms with E-state index in [1.165, 1.54) is 0 Å². The van der Waals surface area contributed by atoms with E-state index in [0.717, 1.165) is 67.3 Å². The molecule has 0 radical (unpaired) electrons. The van der Waals surface area contributed by atoms with Crippen molar-refractivity contribution in [1.82, 2.24) is 58.6 Å². The standard InChI is InChI=1S/C30H29N9O2.C30H29N9O/c1-36-17-23(16-34-36)22-13-24(28-25(14-31)29(32)35-39(28)18-22)21-7-8-27(33-15-21)37-9-11-38(12-10-37)30(41)26(19-40)20-5-3-2-4-6-20;1-20(21-6-4-3-5-7-21)30(40)38-12-10-37(11-13-38)27-9-8-22(16-33-27)25-14-23(24-17-34-36(2)18-24)19-39-28(25)26(15-31)29(32)35-39/h2-8,13,15-18,26,40H,9-12,19H2,1H3,(H2,32,35);3-9,14,16-20H,10-13H2,1-2H3,(H2,32,35)/t;20-/m.1/s1. The van der Waals surface area contributed by atoms with Gasteiger partial charge in [-0.2, -0.15) is 20.7 Å². The molecule has 2 aromatic carbocycles. The van der Waals surface area contributed by atoms with E-state index in [4.69, 9.17) is 21.4 Å². The second kappa shape index (κ2) is 22.5. The summed E-state index contributed by atoms with van der Waals surface area (Å²) in [6.45, 7) is 6.79. The minimum atomic E-state index is -0.560. The summed E-state index contributed by atoms with van der Waals surface area (Å²) in [6, 6.07) is 35.6. The van der Waals surface area contributed by atoms with Crippen molar-refractivity contribution in [1.29, 1.82) is 10.5 Å². The van der Waals surface area contributed by atoms with Gasteiger partial charge in [-0.05, 0) is 54.4 Å². The van der Waals surface area contributed by atoms with Crippen LogP contribution in [0.2, 0.25) is 0 Å². The minimum absolute atomic E-state index is 0.0625. The Morgan fingerprint density at radius 1 is 0.556 bits per heavy atom. The summed E-state index contributed by atoms with van der Waals surface area (Å²) >= 11 is 0. The Kier molecular flexibility index (Phi) is 14.6. The number of piperazine rings is 2. The fourth-order valence-corrected chi connectivity index (χ4v) is 10.7. The van der Waals surface area contributed by atoms with Crippen LogP contribution in [-0.4, -0.2) is 134 Å². The highest BCUT2D eigenvalue weighted by atomic mass is 16.3. The average Bonchev–Trinajstić information content (AvgIpc) is 4.50. The molecular formula is C60H58N18O3. The lowest BCUT2D eigenvalue weighted by Crippen LogP contribution is -2.50. The Labute approximate surface area is 466 Å². The molecule has 10 heterocycles. The molecule has 1 unspecified atom stereocenters. The van der Waals surface area contributed by atoms with E-state index in [0.29, 0.717) is 74.5 Å². The fraction of sp³-hybridized carbons (Fsp3) is 0.233. The van der Waals surface area contributed by atoms with Gasteiger partial charge >= 0.3 is 0 Å². The SMILES string of the molecule is C[C@@H](C(=O)N1CCN(c2ccc(-c3cc(-c4cnn(C)c4)cn4nc(N)c(C#N)c34)cn2)CC1)c1ccccc1.Cn1cc(-c2cc(-c3ccc(N4CCN(C(=O)C(CO)c5ccccc5)CC4)nc3)c3c(C#N)c(N)nn3c2)cn1. The number of pyridine rings is 4. The number of carbonyl (C=O) groups excluding carboxylic acids is 2. The third kappa shape index (κ3) is 10.6. The molecule has 10 aromatic rings. The summed E-state index contributed by atoms with van der Waals surface area (Å²) in [6.07, 6.45) is 14.7. The zero-order valence-corrected chi connectivity index (χ0v) is 44.9. The summed E-state index contributed by atoms with van der Waals surface area (Å²) in [4.78, 5) is 43.8. The van der Waals surface area contributed by atoms with Gasteiger partial charge in [0.15, 0.2) is 11.6 Å². The van der Waals surface area contributed by atoms with E-state index in [9.17, 15) is 25.2 Å². The monoisotopic (exact) mass is 1080 g/mol. The van der Waals surface area contributed by atoms with Crippen LogP contribution in [0, 0.1) is 22.7 Å². The van der Waals surface area contributed by atoms with Crippen LogP contribution in [0.1, 0.15) is 41.0 Å². The molecule has 0 spiro atoms. The van der Waals surface area contributed by atoms with Crippen molar-refractivity contribution in [2.75, 3.05) is 80.2 Å². The quantitative estimate of drug-likeness (QED) is 0.127. The highest BCUT2D eigenvalue weighted by Crippen LogP contribution is 2.36. The largest absolute Gasteiger partial charge is 0.395 e. The maximum atomic E-state index is 13.2. The molecule has 2 amide bonds. The van der Waals surface area contributed by atoms with E-state index >= 15 is 0 Å². The molecule has 2 aliphatic rings. The van der Waals surface area contributed by atoms with Gasteiger partial charge in [-0.15, -0.1) is 10.2 Å².